The molecule has 0 spiro atoms. The third kappa shape index (κ3) is 4.50. The number of hydrogen-bond donors (Lipinski definition) is 2. The Morgan fingerprint density at radius 1 is 1.63 bits per heavy atom. The number of carbonyl (C=O) groups is 1. The van der Waals surface area contributed by atoms with Crippen molar-refractivity contribution in [1.82, 2.24) is 20.5 Å². The first-order chi connectivity index (χ1) is 9.15. The lowest BCUT2D eigenvalue weighted by Gasteiger charge is -2.09. The van der Waals surface area contributed by atoms with Crippen LogP contribution in [0, 0.1) is 0 Å². The maximum absolute atomic E-state index is 11.7. The Balaban J connectivity index is 1.67. The van der Waals surface area contributed by atoms with Gasteiger partial charge in [0.05, 0.1) is 11.9 Å². The number of amides is 1. The molecular formula is C12H20N4O2S. The molecular weight excluding hydrogens is 264 g/mol. The molecule has 19 heavy (non-hydrogen) atoms. The zero-order valence-corrected chi connectivity index (χ0v) is 12.1. The van der Waals surface area contributed by atoms with Crippen LogP contribution in [0.4, 0.5) is 0 Å². The molecule has 1 saturated heterocycles. The van der Waals surface area contributed by atoms with Crippen LogP contribution in [0.5, 0.6) is 0 Å². The summed E-state index contributed by atoms with van der Waals surface area (Å²) >= 11 is 1.34. The number of nitrogens with zero attached hydrogens (tertiary/aromatic N) is 2. The summed E-state index contributed by atoms with van der Waals surface area (Å²) in [6.45, 7) is 5.50. The average Bonchev–Trinajstić information content (AvgIpc) is 3.05. The van der Waals surface area contributed by atoms with Gasteiger partial charge >= 0.3 is 0 Å². The van der Waals surface area contributed by atoms with E-state index in [0.717, 1.165) is 25.3 Å². The highest BCUT2D eigenvalue weighted by molar-refractivity contribution is 7.99. The molecule has 1 unspecified atom stereocenters. The predicted molar refractivity (Wildman–Crippen MR) is 73.2 cm³/mol. The minimum absolute atomic E-state index is 0.00334. The van der Waals surface area contributed by atoms with E-state index in [0.29, 0.717) is 23.4 Å². The second-order valence-corrected chi connectivity index (χ2v) is 5.83. The van der Waals surface area contributed by atoms with Crippen molar-refractivity contribution in [3.8, 4) is 0 Å². The second-order valence-electron chi connectivity index (χ2n) is 4.89. The maximum Gasteiger partial charge on any atom is 0.230 e. The molecule has 0 aliphatic carbocycles. The highest BCUT2D eigenvalue weighted by atomic mass is 32.2. The molecule has 1 aliphatic rings. The van der Waals surface area contributed by atoms with Crippen molar-refractivity contribution in [3.63, 3.8) is 0 Å². The van der Waals surface area contributed by atoms with E-state index in [1.807, 2.05) is 13.8 Å². The summed E-state index contributed by atoms with van der Waals surface area (Å²) in [5.41, 5.74) is 0. The molecule has 2 heterocycles. The summed E-state index contributed by atoms with van der Waals surface area (Å²) < 4.78 is 5.44. The predicted octanol–water partition coefficient (Wildman–Crippen LogP) is 1.32. The minimum Gasteiger partial charge on any atom is -0.376 e. The van der Waals surface area contributed by atoms with Crippen molar-refractivity contribution < 1.29 is 9.53 Å². The summed E-state index contributed by atoms with van der Waals surface area (Å²) in [6.07, 6.45) is 2.31. The zero-order chi connectivity index (χ0) is 13.7. The third-order valence-electron chi connectivity index (χ3n) is 2.91. The number of carbonyl (C=O) groups excluding carboxylic acids is 1. The number of aromatic nitrogens is 3. The first-order valence-electron chi connectivity index (χ1n) is 6.58. The number of aromatic amines is 1. The molecule has 0 saturated carbocycles. The van der Waals surface area contributed by atoms with Crippen LogP contribution in [0.25, 0.3) is 0 Å². The normalized spacial score (nSPS) is 19.0. The fraction of sp³-hybridized carbons (Fsp3) is 0.750. The van der Waals surface area contributed by atoms with Crippen molar-refractivity contribution in [1.29, 1.82) is 0 Å². The van der Waals surface area contributed by atoms with Gasteiger partial charge in [0.1, 0.15) is 5.82 Å². The highest BCUT2D eigenvalue weighted by Gasteiger charge is 2.16. The average molecular weight is 284 g/mol. The quantitative estimate of drug-likeness (QED) is 0.770. The number of thioether (sulfide) groups is 1. The Bertz CT molecular complexity index is 416. The van der Waals surface area contributed by atoms with Crippen LogP contribution in [-0.4, -0.2) is 46.1 Å². The maximum atomic E-state index is 11.7. The molecule has 1 amide bonds. The van der Waals surface area contributed by atoms with E-state index in [-0.39, 0.29) is 12.0 Å². The topological polar surface area (TPSA) is 79.9 Å². The number of hydrogen-bond acceptors (Lipinski definition) is 5. The molecule has 2 N–H and O–H groups in total. The Morgan fingerprint density at radius 3 is 3.11 bits per heavy atom. The van der Waals surface area contributed by atoms with E-state index in [1.54, 1.807) is 0 Å². The highest BCUT2D eigenvalue weighted by Crippen LogP contribution is 2.16. The fourth-order valence-electron chi connectivity index (χ4n) is 1.80. The molecule has 2 rings (SSSR count). The molecule has 1 atom stereocenters. The third-order valence-corrected chi connectivity index (χ3v) is 3.76. The van der Waals surface area contributed by atoms with Gasteiger partial charge in [0, 0.05) is 19.1 Å². The van der Waals surface area contributed by atoms with E-state index < -0.39 is 0 Å². The van der Waals surface area contributed by atoms with Gasteiger partial charge in [-0.1, -0.05) is 25.6 Å². The van der Waals surface area contributed by atoms with Crippen molar-refractivity contribution >= 4 is 17.7 Å². The second kappa shape index (κ2) is 6.91. The van der Waals surface area contributed by atoms with Gasteiger partial charge in [-0.15, -0.1) is 5.10 Å². The SMILES string of the molecule is CC(C)c1nc(SCC(=O)NCC2CCCO2)n[nH]1. The van der Waals surface area contributed by atoms with Gasteiger partial charge in [-0.2, -0.15) is 0 Å². The van der Waals surface area contributed by atoms with Crippen molar-refractivity contribution in [2.24, 2.45) is 0 Å². The molecule has 1 aromatic rings. The lowest BCUT2D eigenvalue weighted by atomic mass is 10.2. The summed E-state index contributed by atoms with van der Waals surface area (Å²) in [5.74, 6) is 1.50. The zero-order valence-electron chi connectivity index (χ0n) is 11.3. The number of ether oxygens (including phenoxy) is 1. The minimum atomic E-state index is -0.00334. The monoisotopic (exact) mass is 284 g/mol. The summed E-state index contributed by atoms with van der Waals surface area (Å²) in [6, 6.07) is 0. The van der Waals surface area contributed by atoms with Gasteiger partial charge in [0.2, 0.25) is 11.1 Å². The molecule has 6 nitrogen and oxygen atoms in total. The molecule has 1 aromatic heterocycles. The van der Waals surface area contributed by atoms with Crippen LogP contribution in [0.3, 0.4) is 0 Å². The summed E-state index contributed by atoms with van der Waals surface area (Å²) in [4.78, 5) is 16.0. The Labute approximate surface area is 117 Å². The van der Waals surface area contributed by atoms with E-state index in [4.69, 9.17) is 4.74 Å². The van der Waals surface area contributed by atoms with Crippen LogP contribution < -0.4 is 5.32 Å². The van der Waals surface area contributed by atoms with Crippen molar-refractivity contribution in [2.75, 3.05) is 18.9 Å². The Kier molecular flexibility index (Phi) is 5.21. The van der Waals surface area contributed by atoms with E-state index in [2.05, 4.69) is 20.5 Å². The molecule has 0 radical (unpaired) electrons. The number of nitrogens with one attached hydrogen (secondary N) is 2. The Hall–Kier alpha value is -1.08. The standard InChI is InChI=1S/C12H20N4O2S/c1-8(2)11-14-12(16-15-11)19-7-10(17)13-6-9-4-3-5-18-9/h8-9H,3-7H2,1-2H3,(H,13,17)(H,14,15,16). The molecule has 1 fully saturated rings. The van der Waals surface area contributed by atoms with E-state index in [1.165, 1.54) is 11.8 Å². The Morgan fingerprint density at radius 2 is 2.47 bits per heavy atom. The molecule has 1 aliphatic heterocycles. The lowest BCUT2D eigenvalue weighted by molar-refractivity contribution is -0.119. The fourth-order valence-corrected chi connectivity index (χ4v) is 2.43. The molecule has 0 bridgehead atoms. The summed E-state index contributed by atoms with van der Waals surface area (Å²) in [5, 5.41) is 10.4. The van der Waals surface area contributed by atoms with Crippen molar-refractivity contribution in [2.45, 2.75) is 43.9 Å². The van der Waals surface area contributed by atoms with Crippen LogP contribution >= 0.6 is 11.8 Å². The van der Waals surface area contributed by atoms with Crippen molar-refractivity contribution in [3.05, 3.63) is 5.82 Å². The number of H-pyrrole nitrogens is 1. The first-order valence-corrected chi connectivity index (χ1v) is 7.57. The van der Waals surface area contributed by atoms with Gasteiger partial charge in [-0.05, 0) is 12.8 Å². The smallest absolute Gasteiger partial charge is 0.230 e. The van der Waals surface area contributed by atoms with Gasteiger partial charge in [0.25, 0.3) is 0 Å². The number of rotatable bonds is 6. The van der Waals surface area contributed by atoms with Gasteiger partial charge in [-0.25, -0.2) is 4.98 Å². The van der Waals surface area contributed by atoms with Crippen LogP contribution in [-0.2, 0) is 9.53 Å². The van der Waals surface area contributed by atoms with Gasteiger partial charge in [0.15, 0.2) is 0 Å². The van der Waals surface area contributed by atoms with Gasteiger partial charge < -0.3 is 10.1 Å². The van der Waals surface area contributed by atoms with Crippen LogP contribution in [0.2, 0.25) is 0 Å². The van der Waals surface area contributed by atoms with E-state index >= 15 is 0 Å². The molecule has 0 aromatic carbocycles. The first kappa shape index (κ1) is 14.3. The van der Waals surface area contributed by atoms with Crippen LogP contribution in [0.15, 0.2) is 5.16 Å². The molecule has 7 heteroatoms. The van der Waals surface area contributed by atoms with E-state index in [9.17, 15) is 4.79 Å². The largest absolute Gasteiger partial charge is 0.376 e. The molecule has 106 valence electrons. The lowest BCUT2D eigenvalue weighted by Crippen LogP contribution is -2.32. The van der Waals surface area contributed by atoms with Crippen LogP contribution in [0.1, 0.15) is 38.4 Å². The van der Waals surface area contributed by atoms with Gasteiger partial charge in [-0.3, -0.25) is 9.89 Å². The summed E-state index contributed by atoms with van der Waals surface area (Å²) in [7, 11) is 0.